The van der Waals surface area contributed by atoms with Gasteiger partial charge in [0.15, 0.2) is 0 Å². The zero-order chi connectivity index (χ0) is 26.7. The Kier molecular flexibility index (Phi) is 8.49. The van der Waals surface area contributed by atoms with Gasteiger partial charge in [-0.3, -0.25) is 14.7 Å². The molecule has 0 fully saturated rings. The summed E-state index contributed by atoms with van der Waals surface area (Å²) < 4.78 is 11.5. The quantitative estimate of drug-likeness (QED) is 0.206. The molecule has 3 aromatic rings. The number of hydrogen-bond acceptors (Lipinski definition) is 4. The van der Waals surface area contributed by atoms with Gasteiger partial charge in [-0.25, -0.2) is 0 Å². The molecule has 0 saturated heterocycles. The highest BCUT2D eigenvalue weighted by Crippen LogP contribution is 2.45. The summed E-state index contributed by atoms with van der Waals surface area (Å²) >= 11 is 18.6. The number of ether oxygens (including phenoxy) is 2. The Labute approximate surface area is 233 Å². The molecule has 0 radical (unpaired) electrons. The van der Waals surface area contributed by atoms with E-state index in [4.69, 9.17) is 49.3 Å². The van der Waals surface area contributed by atoms with E-state index >= 15 is 0 Å². The lowest BCUT2D eigenvalue weighted by Gasteiger charge is -2.29. The number of benzene rings is 3. The van der Waals surface area contributed by atoms with Crippen LogP contribution in [0.1, 0.15) is 55.1 Å². The van der Waals surface area contributed by atoms with Crippen LogP contribution in [0, 0.1) is 0 Å². The van der Waals surface area contributed by atoms with Crippen LogP contribution in [-0.4, -0.2) is 36.4 Å². The molecule has 0 saturated carbocycles. The van der Waals surface area contributed by atoms with E-state index in [1.165, 1.54) is 4.90 Å². The lowest BCUT2D eigenvalue weighted by molar-refractivity contribution is 0.146. The minimum Gasteiger partial charge on any atom is -0.493 e. The maximum absolute atomic E-state index is 13.0. The zero-order valence-corrected chi connectivity index (χ0v) is 23.4. The maximum atomic E-state index is 13.0. The predicted molar refractivity (Wildman–Crippen MR) is 151 cm³/mol. The van der Waals surface area contributed by atoms with Crippen LogP contribution in [0.15, 0.2) is 71.7 Å². The Morgan fingerprint density at radius 2 is 1.57 bits per heavy atom. The molecular weight excluding hydrogens is 531 g/mol. The molecule has 3 aromatic carbocycles. The number of methoxy groups -OCH3 is 1. The van der Waals surface area contributed by atoms with Crippen LogP contribution in [0.3, 0.4) is 0 Å². The van der Waals surface area contributed by atoms with Gasteiger partial charge in [-0.15, -0.1) is 0 Å². The fourth-order valence-electron chi connectivity index (χ4n) is 4.68. The highest BCUT2D eigenvalue weighted by atomic mass is 35.5. The third kappa shape index (κ3) is 5.80. The van der Waals surface area contributed by atoms with Crippen LogP contribution in [0.25, 0.3) is 0 Å². The van der Waals surface area contributed by atoms with E-state index in [9.17, 15) is 4.79 Å². The van der Waals surface area contributed by atoms with Crippen molar-refractivity contribution in [1.82, 2.24) is 4.90 Å². The predicted octanol–water partition coefficient (Wildman–Crippen LogP) is 8.22. The average molecular weight is 560 g/mol. The molecule has 0 N–H and O–H groups in total. The molecule has 5 nitrogen and oxygen atoms in total. The lowest BCUT2D eigenvalue weighted by atomic mass is 9.85. The molecule has 2 unspecified atom stereocenters. The van der Waals surface area contributed by atoms with Crippen molar-refractivity contribution >= 4 is 46.0 Å². The first-order valence-corrected chi connectivity index (χ1v) is 13.1. The van der Waals surface area contributed by atoms with Crippen LogP contribution in [-0.2, 0) is 10.2 Å². The summed E-state index contributed by atoms with van der Waals surface area (Å²) in [7, 11) is 1.69. The Hall–Kier alpha value is -2.57. The highest BCUT2D eigenvalue weighted by Gasteiger charge is 2.42. The number of aliphatic imine (C=N–C) groups is 1. The Bertz CT molecular complexity index is 1290. The number of halogens is 3. The van der Waals surface area contributed by atoms with E-state index < -0.39 is 17.5 Å². The summed E-state index contributed by atoms with van der Waals surface area (Å²) in [6.45, 7) is 7.13. The number of hydrogen-bond donors (Lipinski definition) is 0. The van der Waals surface area contributed by atoms with Gasteiger partial charge in [0.1, 0.15) is 17.6 Å². The van der Waals surface area contributed by atoms with E-state index in [0.717, 1.165) is 16.7 Å². The molecule has 1 amide bonds. The van der Waals surface area contributed by atoms with Gasteiger partial charge in [0.2, 0.25) is 0 Å². The van der Waals surface area contributed by atoms with Crippen molar-refractivity contribution < 1.29 is 14.3 Å². The van der Waals surface area contributed by atoms with Crippen LogP contribution >= 0.6 is 34.8 Å². The number of nitrogens with zero attached hydrogens (tertiary/aromatic N) is 2. The highest BCUT2D eigenvalue weighted by molar-refractivity contribution is 6.64. The number of amidine groups is 1. The van der Waals surface area contributed by atoms with Crippen molar-refractivity contribution in [3.63, 3.8) is 0 Å². The monoisotopic (exact) mass is 558 g/mol. The van der Waals surface area contributed by atoms with Crippen LogP contribution in [0.4, 0.5) is 4.79 Å². The fourth-order valence-corrected chi connectivity index (χ4v) is 5.12. The van der Waals surface area contributed by atoms with Gasteiger partial charge < -0.3 is 9.47 Å². The summed E-state index contributed by atoms with van der Waals surface area (Å²) in [5.41, 5.74) is 3.25. The van der Waals surface area contributed by atoms with Crippen molar-refractivity contribution in [2.24, 2.45) is 4.99 Å². The molecule has 0 spiro atoms. The molecule has 37 heavy (non-hydrogen) atoms. The zero-order valence-electron chi connectivity index (χ0n) is 21.2. The Morgan fingerprint density at radius 1 is 0.973 bits per heavy atom. The minimum absolute atomic E-state index is 0.240. The van der Waals surface area contributed by atoms with E-state index in [1.54, 1.807) is 19.2 Å². The Balaban J connectivity index is 1.89. The van der Waals surface area contributed by atoms with Crippen LogP contribution in [0.5, 0.6) is 5.75 Å². The Morgan fingerprint density at radius 3 is 2.11 bits per heavy atom. The summed E-state index contributed by atoms with van der Waals surface area (Å²) in [6, 6.07) is 19.9. The topological polar surface area (TPSA) is 51.1 Å². The molecule has 1 aliphatic heterocycles. The second kappa shape index (κ2) is 11.4. The summed E-state index contributed by atoms with van der Waals surface area (Å²) in [4.78, 5) is 19.6. The van der Waals surface area contributed by atoms with Crippen LogP contribution in [0.2, 0.25) is 10.0 Å². The average Bonchev–Trinajstić information content (AvgIpc) is 3.26. The summed E-state index contributed by atoms with van der Waals surface area (Å²) in [6.07, 6.45) is 0. The normalized spacial score (nSPS) is 17.6. The van der Waals surface area contributed by atoms with E-state index in [1.807, 2.05) is 61.5 Å². The van der Waals surface area contributed by atoms with Gasteiger partial charge in [0, 0.05) is 22.6 Å². The smallest absolute Gasteiger partial charge is 0.322 e. The molecule has 0 aliphatic carbocycles. The van der Waals surface area contributed by atoms with E-state index in [0.29, 0.717) is 40.4 Å². The van der Waals surface area contributed by atoms with E-state index in [-0.39, 0.29) is 5.41 Å². The van der Waals surface area contributed by atoms with Crippen molar-refractivity contribution in [3.8, 4) is 5.75 Å². The minimum atomic E-state index is -0.638. The molecule has 4 rings (SSSR count). The van der Waals surface area contributed by atoms with Gasteiger partial charge in [-0.05, 0) is 71.6 Å². The largest absolute Gasteiger partial charge is 0.493 e. The molecule has 2 atom stereocenters. The molecule has 0 aromatic heterocycles. The second-order valence-electron chi connectivity index (χ2n) is 9.53. The molecule has 8 heteroatoms. The molecule has 0 bridgehead atoms. The van der Waals surface area contributed by atoms with Gasteiger partial charge in [0.05, 0.1) is 24.8 Å². The van der Waals surface area contributed by atoms with Gasteiger partial charge in [-0.1, -0.05) is 67.4 Å². The maximum Gasteiger partial charge on any atom is 0.322 e. The SMILES string of the molecule is CCOc1cc(C(C)(C)COC)ccc1C1=NC(c2ccc(Cl)cc2)C(c2ccc(Cl)cc2)N1C(=O)Cl. The molecular formula is C29H29Cl3N2O3. The standard InChI is InChI=1S/C29H29Cl3N2O3/c1-5-37-24-16-20(29(2,3)17-36-4)10-15-23(24)27-33-25(18-6-11-21(30)12-7-18)26(34(27)28(32)35)19-8-13-22(31)14-9-19/h6-16,25-26H,5,17H2,1-4H3. The third-order valence-electron chi connectivity index (χ3n) is 6.49. The summed E-state index contributed by atoms with van der Waals surface area (Å²) in [5, 5.41) is 0.580. The number of carbonyl (C=O) groups excluding carboxylic acids is 1. The lowest BCUT2D eigenvalue weighted by Crippen LogP contribution is -2.34. The van der Waals surface area contributed by atoms with E-state index in [2.05, 4.69) is 13.8 Å². The second-order valence-corrected chi connectivity index (χ2v) is 10.7. The van der Waals surface area contributed by atoms with Crippen molar-refractivity contribution in [1.29, 1.82) is 0 Å². The first-order chi connectivity index (χ1) is 17.7. The first-order valence-electron chi connectivity index (χ1n) is 12.0. The number of carbonyl (C=O) groups is 1. The van der Waals surface area contributed by atoms with Crippen LogP contribution < -0.4 is 4.74 Å². The van der Waals surface area contributed by atoms with Gasteiger partial charge in [-0.2, -0.15) is 0 Å². The first kappa shape index (κ1) is 27.5. The van der Waals surface area contributed by atoms with Gasteiger partial charge in [0.25, 0.3) is 0 Å². The molecule has 1 heterocycles. The summed E-state index contributed by atoms with van der Waals surface area (Å²) in [5.74, 6) is 1.07. The number of amides is 1. The number of rotatable bonds is 8. The van der Waals surface area contributed by atoms with Crippen molar-refractivity contribution in [2.45, 2.75) is 38.3 Å². The van der Waals surface area contributed by atoms with Gasteiger partial charge >= 0.3 is 5.37 Å². The fraction of sp³-hybridized carbons (Fsp3) is 0.310. The third-order valence-corrected chi connectivity index (χ3v) is 7.17. The molecule has 194 valence electrons. The van der Waals surface area contributed by atoms with Crippen molar-refractivity contribution in [3.05, 3.63) is 99.0 Å². The van der Waals surface area contributed by atoms with Crippen molar-refractivity contribution in [2.75, 3.05) is 20.3 Å². The molecule has 1 aliphatic rings.